The third kappa shape index (κ3) is 2.04. The molecule has 1 aliphatic rings. The van der Waals surface area contributed by atoms with E-state index in [9.17, 15) is 4.79 Å². The standard InChI is InChI=1S/C13H12N2O3S/c1-17-13(16)12-9-10(18-7-6-15-9)11(19-12)8-2-4-14-5-3-8/h2-5,15H,6-7H2,1H3. The van der Waals surface area contributed by atoms with Crippen LogP contribution < -0.4 is 10.1 Å². The van der Waals surface area contributed by atoms with Crippen molar-refractivity contribution in [3.05, 3.63) is 29.4 Å². The number of rotatable bonds is 2. The molecular weight excluding hydrogens is 264 g/mol. The molecule has 3 heterocycles. The summed E-state index contributed by atoms with van der Waals surface area (Å²) in [6.45, 7) is 1.27. The Morgan fingerprint density at radius 1 is 1.47 bits per heavy atom. The predicted molar refractivity (Wildman–Crippen MR) is 72.9 cm³/mol. The molecule has 2 aromatic rings. The first-order valence-electron chi connectivity index (χ1n) is 5.83. The van der Waals surface area contributed by atoms with E-state index in [4.69, 9.17) is 9.47 Å². The molecule has 3 rings (SSSR count). The number of nitrogens with one attached hydrogen (secondary N) is 1. The van der Waals surface area contributed by atoms with Gasteiger partial charge in [-0.25, -0.2) is 4.79 Å². The number of aromatic nitrogens is 1. The SMILES string of the molecule is COC(=O)c1sc(-c2ccncc2)c2c1NCCO2. The zero-order valence-corrected chi connectivity index (χ0v) is 11.1. The molecule has 0 spiro atoms. The predicted octanol–water partition coefficient (Wildman–Crippen LogP) is 2.40. The van der Waals surface area contributed by atoms with Gasteiger partial charge in [-0.2, -0.15) is 0 Å². The van der Waals surface area contributed by atoms with Crippen molar-refractivity contribution in [2.45, 2.75) is 0 Å². The third-order valence-corrected chi connectivity index (χ3v) is 4.03. The van der Waals surface area contributed by atoms with Crippen LogP contribution in [0.25, 0.3) is 10.4 Å². The number of carbonyl (C=O) groups excluding carboxylic acids is 1. The summed E-state index contributed by atoms with van der Waals surface area (Å²) in [6, 6.07) is 3.79. The number of methoxy groups -OCH3 is 1. The van der Waals surface area contributed by atoms with Gasteiger partial charge in [0.25, 0.3) is 0 Å². The van der Waals surface area contributed by atoms with Crippen LogP contribution in [0.1, 0.15) is 9.67 Å². The molecule has 6 heteroatoms. The van der Waals surface area contributed by atoms with Crippen LogP contribution in [0.4, 0.5) is 5.69 Å². The summed E-state index contributed by atoms with van der Waals surface area (Å²) in [7, 11) is 1.38. The summed E-state index contributed by atoms with van der Waals surface area (Å²) in [5.41, 5.74) is 1.71. The van der Waals surface area contributed by atoms with Crippen molar-refractivity contribution < 1.29 is 14.3 Å². The van der Waals surface area contributed by atoms with E-state index in [2.05, 4.69) is 10.3 Å². The number of hydrogen-bond donors (Lipinski definition) is 1. The maximum absolute atomic E-state index is 11.8. The Morgan fingerprint density at radius 2 is 2.26 bits per heavy atom. The molecule has 19 heavy (non-hydrogen) atoms. The maximum atomic E-state index is 11.8. The second-order valence-corrected chi connectivity index (χ2v) is 4.99. The molecule has 0 atom stereocenters. The molecule has 0 radical (unpaired) electrons. The number of ether oxygens (including phenoxy) is 2. The van der Waals surface area contributed by atoms with Gasteiger partial charge >= 0.3 is 5.97 Å². The second kappa shape index (κ2) is 4.89. The molecule has 98 valence electrons. The lowest BCUT2D eigenvalue weighted by Gasteiger charge is -2.17. The topological polar surface area (TPSA) is 60.5 Å². The highest BCUT2D eigenvalue weighted by Gasteiger charge is 2.27. The molecule has 0 aromatic carbocycles. The Balaban J connectivity index is 2.15. The summed E-state index contributed by atoms with van der Waals surface area (Å²) in [5, 5.41) is 3.21. The van der Waals surface area contributed by atoms with E-state index in [1.165, 1.54) is 18.4 Å². The Hall–Kier alpha value is -2.08. The molecule has 1 N–H and O–H groups in total. The van der Waals surface area contributed by atoms with Gasteiger partial charge in [0.2, 0.25) is 0 Å². The van der Waals surface area contributed by atoms with Gasteiger partial charge in [-0.3, -0.25) is 4.98 Å². The lowest BCUT2D eigenvalue weighted by atomic mass is 10.2. The highest BCUT2D eigenvalue weighted by Crippen LogP contribution is 2.47. The van der Waals surface area contributed by atoms with Crippen molar-refractivity contribution in [1.82, 2.24) is 4.98 Å². The Morgan fingerprint density at radius 3 is 3.00 bits per heavy atom. The van der Waals surface area contributed by atoms with Crippen LogP contribution in [0.2, 0.25) is 0 Å². The van der Waals surface area contributed by atoms with Crippen LogP contribution in [0.5, 0.6) is 5.75 Å². The fourth-order valence-corrected chi connectivity index (χ4v) is 3.12. The molecule has 0 saturated carbocycles. The zero-order valence-electron chi connectivity index (χ0n) is 10.3. The minimum atomic E-state index is -0.348. The first-order valence-corrected chi connectivity index (χ1v) is 6.65. The van der Waals surface area contributed by atoms with Crippen molar-refractivity contribution in [2.24, 2.45) is 0 Å². The van der Waals surface area contributed by atoms with Crippen LogP contribution >= 0.6 is 11.3 Å². The summed E-state index contributed by atoms with van der Waals surface area (Å²) in [4.78, 5) is 17.3. The van der Waals surface area contributed by atoms with E-state index in [0.29, 0.717) is 18.0 Å². The number of thiophene rings is 1. The second-order valence-electron chi connectivity index (χ2n) is 3.97. The Kier molecular flexibility index (Phi) is 3.08. The van der Waals surface area contributed by atoms with Gasteiger partial charge in [0.05, 0.1) is 12.0 Å². The number of hydrogen-bond acceptors (Lipinski definition) is 6. The van der Waals surface area contributed by atoms with E-state index in [1.54, 1.807) is 12.4 Å². The van der Waals surface area contributed by atoms with Crippen molar-refractivity contribution in [3.8, 4) is 16.2 Å². The van der Waals surface area contributed by atoms with Crippen LogP contribution in [0, 0.1) is 0 Å². The summed E-state index contributed by atoms with van der Waals surface area (Å²) in [6.07, 6.45) is 3.44. The average molecular weight is 276 g/mol. The normalized spacial score (nSPS) is 13.1. The van der Waals surface area contributed by atoms with Gasteiger partial charge in [0, 0.05) is 18.9 Å². The van der Waals surface area contributed by atoms with Crippen molar-refractivity contribution >= 4 is 23.0 Å². The molecular formula is C13H12N2O3S. The van der Waals surface area contributed by atoms with Crippen LogP contribution in [-0.4, -0.2) is 31.2 Å². The van der Waals surface area contributed by atoms with E-state index in [1.807, 2.05) is 12.1 Å². The molecule has 0 saturated heterocycles. The van der Waals surface area contributed by atoms with Gasteiger partial charge < -0.3 is 14.8 Å². The first-order chi connectivity index (χ1) is 9.31. The van der Waals surface area contributed by atoms with Crippen molar-refractivity contribution in [1.29, 1.82) is 0 Å². The minimum Gasteiger partial charge on any atom is -0.488 e. The van der Waals surface area contributed by atoms with Crippen molar-refractivity contribution in [3.63, 3.8) is 0 Å². The minimum absolute atomic E-state index is 0.348. The molecule has 0 amide bonds. The van der Waals surface area contributed by atoms with Crippen LogP contribution in [0.15, 0.2) is 24.5 Å². The van der Waals surface area contributed by atoms with E-state index in [-0.39, 0.29) is 5.97 Å². The number of nitrogens with zero attached hydrogens (tertiary/aromatic N) is 1. The number of anilines is 1. The van der Waals surface area contributed by atoms with Gasteiger partial charge in [0.1, 0.15) is 17.2 Å². The number of pyridine rings is 1. The summed E-state index contributed by atoms with van der Waals surface area (Å²) >= 11 is 1.37. The molecule has 1 aliphatic heterocycles. The van der Waals surface area contributed by atoms with Crippen LogP contribution in [-0.2, 0) is 4.74 Å². The van der Waals surface area contributed by atoms with Crippen molar-refractivity contribution in [2.75, 3.05) is 25.6 Å². The molecule has 0 bridgehead atoms. The number of carbonyl (C=O) groups is 1. The fraction of sp³-hybridized carbons (Fsp3) is 0.231. The fourth-order valence-electron chi connectivity index (χ4n) is 1.97. The molecule has 0 unspecified atom stereocenters. The van der Waals surface area contributed by atoms with Gasteiger partial charge in [-0.05, 0) is 17.7 Å². The zero-order chi connectivity index (χ0) is 13.2. The lowest BCUT2D eigenvalue weighted by Crippen LogP contribution is -2.18. The first kappa shape index (κ1) is 12.0. The van der Waals surface area contributed by atoms with Gasteiger partial charge in [-0.15, -0.1) is 11.3 Å². The third-order valence-electron chi connectivity index (χ3n) is 2.83. The summed E-state index contributed by atoms with van der Waals surface area (Å²) < 4.78 is 10.5. The summed E-state index contributed by atoms with van der Waals surface area (Å²) in [5.74, 6) is 0.377. The molecule has 0 aliphatic carbocycles. The van der Waals surface area contributed by atoms with E-state index >= 15 is 0 Å². The molecule has 0 fully saturated rings. The van der Waals surface area contributed by atoms with Gasteiger partial charge in [-0.1, -0.05) is 0 Å². The quantitative estimate of drug-likeness (QED) is 0.853. The largest absolute Gasteiger partial charge is 0.488 e. The highest BCUT2D eigenvalue weighted by atomic mass is 32.1. The number of esters is 1. The van der Waals surface area contributed by atoms with Gasteiger partial charge in [0.15, 0.2) is 5.75 Å². The van der Waals surface area contributed by atoms with E-state index < -0.39 is 0 Å². The molecule has 5 nitrogen and oxygen atoms in total. The smallest absolute Gasteiger partial charge is 0.350 e. The monoisotopic (exact) mass is 276 g/mol. The lowest BCUT2D eigenvalue weighted by molar-refractivity contribution is 0.0607. The highest BCUT2D eigenvalue weighted by molar-refractivity contribution is 7.18. The Bertz CT molecular complexity index is 610. The number of fused-ring (bicyclic) bond motifs is 1. The van der Waals surface area contributed by atoms with E-state index in [0.717, 1.165) is 21.9 Å². The average Bonchev–Trinajstić information content (AvgIpc) is 2.87. The Labute approximate surface area is 114 Å². The van der Waals surface area contributed by atoms with Crippen LogP contribution in [0.3, 0.4) is 0 Å². The molecule has 2 aromatic heterocycles. The maximum Gasteiger partial charge on any atom is 0.350 e.